The number of rotatable bonds is 1. The SMILES string of the molecule is Cn1c2c(c3ccccc31)-c1ccccc1C2C1=[C-]CC=C1.[Cl-].[Cl-].[Zr+3]. The van der Waals surface area contributed by atoms with Crippen LogP contribution >= 0.6 is 0 Å². The van der Waals surface area contributed by atoms with Crippen molar-refractivity contribution in [2.45, 2.75) is 12.3 Å². The molecule has 25 heavy (non-hydrogen) atoms. The Labute approximate surface area is 179 Å². The number of aromatic nitrogens is 1. The van der Waals surface area contributed by atoms with E-state index in [4.69, 9.17) is 0 Å². The van der Waals surface area contributed by atoms with Gasteiger partial charge in [-0.3, -0.25) is 6.08 Å². The first kappa shape index (κ1) is 20.2. The Hall–Kier alpha value is -1.08. The van der Waals surface area contributed by atoms with Gasteiger partial charge < -0.3 is 29.4 Å². The third kappa shape index (κ3) is 2.79. The molecule has 2 aliphatic carbocycles. The van der Waals surface area contributed by atoms with Crippen LogP contribution in [-0.4, -0.2) is 4.57 Å². The van der Waals surface area contributed by atoms with Crippen LogP contribution in [-0.2, 0) is 33.3 Å². The summed E-state index contributed by atoms with van der Waals surface area (Å²) < 4.78 is 2.37. The van der Waals surface area contributed by atoms with E-state index >= 15 is 0 Å². The monoisotopic (exact) mass is 442 g/mol. The van der Waals surface area contributed by atoms with Gasteiger partial charge in [-0.15, -0.1) is 6.42 Å². The van der Waals surface area contributed by atoms with Gasteiger partial charge in [0.25, 0.3) is 0 Å². The minimum atomic E-state index is 0. The molecule has 0 bridgehead atoms. The van der Waals surface area contributed by atoms with Crippen LogP contribution in [0.1, 0.15) is 23.6 Å². The summed E-state index contributed by atoms with van der Waals surface area (Å²) in [5, 5.41) is 1.36. The topological polar surface area (TPSA) is 4.93 Å². The number of hydrogen-bond donors (Lipinski definition) is 0. The van der Waals surface area contributed by atoms with Crippen molar-refractivity contribution in [1.82, 2.24) is 4.57 Å². The van der Waals surface area contributed by atoms with Crippen molar-refractivity contribution >= 4 is 10.9 Å². The summed E-state index contributed by atoms with van der Waals surface area (Å²) in [4.78, 5) is 0. The van der Waals surface area contributed by atoms with Crippen LogP contribution in [0.25, 0.3) is 22.0 Å². The second-order valence-corrected chi connectivity index (χ2v) is 6.10. The quantitative estimate of drug-likeness (QED) is 0.424. The molecule has 1 radical (unpaired) electrons. The van der Waals surface area contributed by atoms with Gasteiger partial charge in [-0.05, 0) is 17.2 Å². The minimum Gasteiger partial charge on any atom is -1.00 e. The van der Waals surface area contributed by atoms with E-state index in [9.17, 15) is 0 Å². The second kappa shape index (κ2) is 7.66. The molecular formula is C21H16Cl2NZr. The van der Waals surface area contributed by atoms with Crippen LogP contribution in [0.2, 0.25) is 0 Å². The first-order valence-corrected chi connectivity index (χ1v) is 7.80. The largest absolute Gasteiger partial charge is 3.00 e. The smallest absolute Gasteiger partial charge is 1.00 e. The molecule has 1 unspecified atom stereocenters. The van der Waals surface area contributed by atoms with Gasteiger partial charge >= 0.3 is 26.2 Å². The van der Waals surface area contributed by atoms with E-state index in [1.165, 1.54) is 38.9 Å². The van der Waals surface area contributed by atoms with Gasteiger partial charge in [-0.1, -0.05) is 42.5 Å². The van der Waals surface area contributed by atoms with Crippen molar-refractivity contribution in [2.24, 2.45) is 7.05 Å². The van der Waals surface area contributed by atoms with Gasteiger partial charge in [-0.25, -0.2) is 11.6 Å². The molecule has 123 valence electrons. The third-order valence-electron chi connectivity index (χ3n) is 5.00. The van der Waals surface area contributed by atoms with Crippen LogP contribution in [0.3, 0.4) is 0 Å². The molecule has 0 spiro atoms. The van der Waals surface area contributed by atoms with Gasteiger partial charge in [0.15, 0.2) is 0 Å². The van der Waals surface area contributed by atoms with Crippen LogP contribution in [0.15, 0.2) is 66.3 Å². The van der Waals surface area contributed by atoms with Gasteiger partial charge in [0.2, 0.25) is 0 Å². The summed E-state index contributed by atoms with van der Waals surface area (Å²) >= 11 is 0. The van der Waals surface area contributed by atoms with E-state index in [0.29, 0.717) is 5.92 Å². The van der Waals surface area contributed by atoms with Crippen molar-refractivity contribution < 1.29 is 51.0 Å². The van der Waals surface area contributed by atoms with E-state index in [-0.39, 0.29) is 51.0 Å². The van der Waals surface area contributed by atoms with Gasteiger partial charge in [0.1, 0.15) is 0 Å². The average molecular weight is 444 g/mol. The zero-order valence-electron chi connectivity index (χ0n) is 13.8. The fourth-order valence-electron chi connectivity index (χ4n) is 4.09. The molecule has 0 fully saturated rings. The van der Waals surface area contributed by atoms with Gasteiger partial charge in [0.05, 0.1) is 0 Å². The maximum absolute atomic E-state index is 3.54. The summed E-state index contributed by atoms with van der Waals surface area (Å²) in [7, 11) is 2.19. The third-order valence-corrected chi connectivity index (χ3v) is 5.00. The molecule has 0 aliphatic heterocycles. The number of nitrogens with zero attached hydrogens (tertiary/aromatic N) is 1. The Morgan fingerprint density at radius 2 is 1.72 bits per heavy atom. The van der Waals surface area contributed by atoms with Crippen LogP contribution in [0.4, 0.5) is 0 Å². The average Bonchev–Trinajstić information content (AvgIpc) is 3.24. The number of benzene rings is 2. The zero-order chi connectivity index (χ0) is 14.7. The molecule has 2 aromatic carbocycles. The Bertz CT molecular complexity index is 985. The molecule has 0 N–H and O–H groups in total. The number of fused-ring (bicyclic) bond motifs is 5. The molecule has 1 nitrogen and oxygen atoms in total. The number of allylic oxidation sites excluding steroid dienone is 4. The molecule has 0 saturated heterocycles. The fraction of sp³-hybridized carbons (Fsp3) is 0.143. The summed E-state index contributed by atoms with van der Waals surface area (Å²) in [6.45, 7) is 0. The molecule has 0 amide bonds. The van der Waals surface area contributed by atoms with E-state index in [1.54, 1.807) is 0 Å². The maximum Gasteiger partial charge on any atom is 3.00 e. The molecular weight excluding hydrogens is 428 g/mol. The maximum atomic E-state index is 3.54. The number of para-hydroxylation sites is 1. The molecule has 3 aromatic rings. The summed E-state index contributed by atoms with van der Waals surface area (Å²) in [6, 6.07) is 17.6. The van der Waals surface area contributed by atoms with Crippen molar-refractivity contribution in [1.29, 1.82) is 0 Å². The van der Waals surface area contributed by atoms with Crippen LogP contribution < -0.4 is 24.8 Å². The number of hydrogen-bond acceptors (Lipinski definition) is 0. The Balaban J connectivity index is 0.000000751. The standard InChI is InChI=1S/C21H16N.2ClH.Zr/c1-22-18-13-7-6-12-17(18)20-16-11-5-4-10-15(16)19(21(20)22)14-8-2-3-9-14;;;/h2,4-8,10-13,19H,3H2,1H3;2*1H;/q-1;;;+3/p-2. The summed E-state index contributed by atoms with van der Waals surface area (Å²) in [6.07, 6.45) is 8.93. The number of aryl methyl sites for hydroxylation is 1. The second-order valence-electron chi connectivity index (χ2n) is 6.10. The van der Waals surface area contributed by atoms with Crippen molar-refractivity contribution in [3.8, 4) is 11.1 Å². The van der Waals surface area contributed by atoms with E-state index in [0.717, 1.165) is 6.42 Å². The van der Waals surface area contributed by atoms with Crippen molar-refractivity contribution in [2.75, 3.05) is 0 Å². The van der Waals surface area contributed by atoms with Crippen molar-refractivity contribution in [3.63, 3.8) is 0 Å². The molecule has 1 atom stereocenters. The van der Waals surface area contributed by atoms with E-state index < -0.39 is 0 Å². The fourth-order valence-corrected chi connectivity index (χ4v) is 4.09. The molecule has 1 aromatic heterocycles. The predicted molar refractivity (Wildman–Crippen MR) is 90.7 cm³/mol. The van der Waals surface area contributed by atoms with E-state index in [1.807, 2.05) is 0 Å². The van der Waals surface area contributed by atoms with Crippen LogP contribution in [0, 0.1) is 6.08 Å². The molecule has 4 heteroatoms. The molecule has 2 aliphatic rings. The van der Waals surface area contributed by atoms with Crippen molar-refractivity contribution in [3.05, 3.63) is 83.6 Å². The predicted octanol–water partition coefficient (Wildman–Crippen LogP) is -1.01. The zero-order valence-corrected chi connectivity index (χ0v) is 17.7. The Morgan fingerprint density at radius 1 is 1.00 bits per heavy atom. The first-order chi connectivity index (χ1) is 10.9. The molecule has 1 heterocycles. The summed E-state index contributed by atoms with van der Waals surface area (Å²) in [5.41, 5.74) is 8.26. The van der Waals surface area contributed by atoms with Crippen LogP contribution in [0.5, 0.6) is 0 Å². The molecule has 0 saturated carbocycles. The number of halogens is 2. The van der Waals surface area contributed by atoms with Gasteiger partial charge in [0, 0.05) is 35.1 Å². The summed E-state index contributed by atoms with van der Waals surface area (Å²) in [5.74, 6) is 0.322. The Morgan fingerprint density at radius 3 is 2.48 bits per heavy atom. The van der Waals surface area contributed by atoms with E-state index in [2.05, 4.69) is 78.4 Å². The Kier molecular flexibility index (Phi) is 6.20. The minimum absolute atomic E-state index is 0. The first-order valence-electron chi connectivity index (χ1n) is 7.80. The van der Waals surface area contributed by atoms with Gasteiger partial charge in [-0.2, -0.15) is 6.08 Å². The molecule has 5 rings (SSSR count). The normalized spacial score (nSPS) is 16.4.